The number of benzene rings is 1. The van der Waals surface area contributed by atoms with Crippen molar-refractivity contribution in [1.29, 1.82) is 0 Å². The third-order valence-electron chi connectivity index (χ3n) is 5.24. The summed E-state index contributed by atoms with van der Waals surface area (Å²) in [6, 6.07) is 9.35. The summed E-state index contributed by atoms with van der Waals surface area (Å²) >= 11 is 1.42. The van der Waals surface area contributed by atoms with E-state index >= 15 is 0 Å². The van der Waals surface area contributed by atoms with E-state index in [0.29, 0.717) is 18.8 Å². The highest BCUT2D eigenvalue weighted by atomic mass is 32.2. The van der Waals surface area contributed by atoms with Crippen LogP contribution in [0.1, 0.15) is 10.5 Å². The number of nitrogens with zero attached hydrogens (tertiary/aromatic N) is 3. The fraction of sp³-hybridized carbons (Fsp3) is 0.333. The Labute approximate surface area is 160 Å². The van der Waals surface area contributed by atoms with Crippen molar-refractivity contribution in [1.82, 2.24) is 19.6 Å². The van der Waals surface area contributed by atoms with Crippen molar-refractivity contribution in [3.8, 4) is 11.3 Å². The van der Waals surface area contributed by atoms with Crippen molar-refractivity contribution in [2.75, 3.05) is 24.6 Å². The van der Waals surface area contributed by atoms with Gasteiger partial charge >= 0.3 is 0 Å². The van der Waals surface area contributed by atoms with Crippen LogP contribution in [0.15, 0.2) is 41.9 Å². The molecule has 2 aromatic heterocycles. The first-order valence-corrected chi connectivity index (χ1v) is 11.5. The zero-order valence-corrected chi connectivity index (χ0v) is 16.0. The molecule has 3 aromatic rings. The zero-order valence-electron chi connectivity index (χ0n) is 14.4. The number of aromatic nitrogens is 2. The number of rotatable bonds is 2. The molecule has 0 spiro atoms. The van der Waals surface area contributed by atoms with Gasteiger partial charge in [-0.2, -0.15) is 0 Å². The van der Waals surface area contributed by atoms with Gasteiger partial charge in [-0.15, -0.1) is 11.3 Å². The van der Waals surface area contributed by atoms with Crippen LogP contribution in [0.25, 0.3) is 16.2 Å². The standard InChI is InChI=1S/C18H18N4O3S2/c23-17(21-7-6-19-14-10-27(24,25)11-16(14)21)15-9-26-18-20-13(8-22(15)18)12-4-2-1-3-5-12/h1-5,8-9,14,16,19H,6-7,10-11H2/t14-,16+/m1/s1. The van der Waals surface area contributed by atoms with Crippen molar-refractivity contribution in [3.05, 3.63) is 47.6 Å². The van der Waals surface area contributed by atoms with Gasteiger partial charge in [-0.1, -0.05) is 30.3 Å². The number of fused-ring (bicyclic) bond motifs is 2. The lowest BCUT2D eigenvalue weighted by Gasteiger charge is -2.37. The van der Waals surface area contributed by atoms with Gasteiger partial charge < -0.3 is 10.2 Å². The smallest absolute Gasteiger partial charge is 0.272 e. The van der Waals surface area contributed by atoms with Crippen LogP contribution in [0, 0.1) is 0 Å². The van der Waals surface area contributed by atoms with Crippen LogP contribution in [0.2, 0.25) is 0 Å². The van der Waals surface area contributed by atoms with E-state index < -0.39 is 9.84 Å². The van der Waals surface area contributed by atoms with Crippen LogP contribution in [-0.4, -0.2) is 65.3 Å². The van der Waals surface area contributed by atoms with Crippen LogP contribution in [0.4, 0.5) is 0 Å². The number of hydrogen-bond acceptors (Lipinski definition) is 6. The fourth-order valence-electron chi connectivity index (χ4n) is 3.95. The molecule has 2 atom stereocenters. The molecule has 0 aliphatic carbocycles. The summed E-state index contributed by atoms with van der Waals surface area (Å²) in [4.78, 5) is 20.3. The van der Waals surface area contributed by atoms with Crippen LogP contribution in [0.5, 0.6) is 0 Å². The highest BCUT2D eigenvalue weighted by Crippen LogP contribution is 2.27. The van der Waals surface area contributed by atoms with E-state index in [-0.39, 0.29) is 29.5 Å². The number of imidazole rings is 1. The van der Waals surface area contributed by atoms with Gasteiger partial charge in [0.1, 0.15) is 5.69 Å². The molecule has 2 aliphatic rings. The molecule has 0 saturated carbocycles. The molecule has 1 amide bonds. The number of thiazole rings is 1. The van der Waals surface area contributed by atoms with Crippen molar-refractivity contribution in [2.24, 2.45) is 0 Å². The Morgan fingerprint density at radius 3 is 2.85 bits per heavy atom. The summed E-state index contributed by atoms with van der Waals surface area (Å²) in [5.74, 6) is -0.000982. The normalized spacial score (nSPS) is 24.2. The molecule has 140 valence electrons. The molecule has 0 radical (unpaired) electrons. The lowest BCUT2D eigenvalue weighted by atomic mass is 10.1. The molecule has 7 nitrogen and oxygen atoms in total. The third kappa shape index (κ3) is 2.86. The molecular formula is C18H18N4O3S2. The average molecular weight is 403 g/mol. The molecule has 2 saturated heterocycles. The largest absolute Gasteiger partial charge is 0.330 e. The highest BCUT2D eigenvalue weighted by molar-refractivity contribution is 7.91. The highest BCUT2D eigenvalue weighted by Gasteiger charge is 2.45. The minimum absolute atomic E-state index is 0.0306. The second-order valence-electron chi connectivity index (χ2n) is 6.97. The lowest BCUT2D eigenvalue weighted by molar-refractivity contribution is 0.0614. The number of carbonyl (C=O) groups is 1. The summed E-state index contributed by atoms with van der Waals surface area (Å²) in [7, 11) is -3.11. The summed E-state index contributed by atoms with van der Waals surface area (Å²) in [5, 5.41) is 5.05. The van der Waals surface area contributed by atoms with E-state index in [9.17, 15) is 13.2 Å². The number of carbonyl (C=O) groups excluding carboxylic acids is 1. The third-order valence-corrected chi connectivity index (χ3v) is 7.80. The van der Waals surface area contributed by atoms with Crippen molar-refractivity contribution in [2.45, 2.75) is 12.1 Å². The lowest BCUT2D eigenvalue weighted by Crippen LogP contribution is -2.59. The molecule has 2 aliphatic heterocycles. The Morgan fingerprint density at radius 2 is 2.04 bits per heavy atom. The van der Waals surface area contributed by atoms with Crippen molar-refractivity contribution in [3.63, 3.8) is 0 Å². The maximum Gasteiger partial charge on any atom is 0.272 e. The molecule has 2 fully saturated rings. The summed E-state index contributed by atoms with van der Waals surface area (Å²) in [5.41, 5.74) is 2.35. The maximum absolute atomic E-state index is 13.2. The maximum atomic E-state index is 13.2. The first-order valence-electron chi connectivity index (χ1n) is 8.79. The van der Waals surface area contributed by atoms with Gasteiger partial charge in [0.15, 0.2) is 14.8 Å². The molecule has 0 unspecified atom stereocenters. The second-order valence-corrected chi connectivity index (χ2v) is 9.96. The first-order chi connectivity index (χ1) is 13.0. The molecule has 27 heavy (non-hydrogen) atoms. The zero-order chi connectivity index (χ0) is 18.6. The topological polar surface area (TPSA) is 83.8 Å². The first kappa shape index (κ1) is 16.9. The number of nitrogens with one attached hydrogen (secondary N) is 1. The second kappa shape index (κ2) is 6.15. The van der Waals surface area contributed by atoms with Gasteiger partial charge in [0.05, 0.1) is 23.2 Å². The molecule has 0 bridgehead atoms. The Hall–Kier alpha value is -2.23. The van der Waals surface area contributed by atoms with Crippen molar-refractivity contribution < 1.29 is 13.2 Å². The predicted octanol–water partition coefficient (Wildman–Crippen LogP) is 1.27. The minimum atomic E-state index is -3.11. The van der Waals surface area contributed by atoms with Gasteiger partial charge in [-0.3, -0.25) is 9.20 Å². The van der Waals surface area contributed by atoms with Crippen LogP contribution in [-0.2, 0) is 9.84 Å². The Bertz CT molecular complexity index is 1120. The van der Waals surface area contributed by atoms with Crippen molar-refractivity contribution >= 4 is 32.0 Å². The molecular weight excluding hydrogens is 384 g/mol. The quantitative estimate of drug-likeness (QED) is 0.698. The molecule has 4 heterocycles. The van der Waals surface area contributed by atoms with Gasteiger partial charge in [-0.25, -0.2) is 13.4 Å². The van der Waals surface area contributed by atoms with E-state index in [2.05, 4.69) is 10.3 Å². The average Bonchev–Trinajstić information content (AvgIpc) is 3.31. The van der Waals surface area contributed by atoms with E-state index in [4.69, 9.17) is 0 Å². The molecule has 1 N–H and O–H groups in total. The Kier molecular flexibility index (Phi) is 3.85. The van der Waals surface area contributed by atoms with Crippen LogP contribution < -0.4 is 5.32 Å². The number of hydrogen-bond donors (Lipinski definition) is 1. The Morgan fingerprint density at radius 1 is 1.22 bits per heavy atom. The van der Waals surface area contributed by atoms with Crippen LogP contribution >= 0.6 is 11.3 Å². The monoisotopic (exact) mass is 402 g/mol. The predicted molar refractivity (Wildman–Crippen MR) is 104 cm³/mol. The summed E-state index contributed by atoms with van der Waals surface area (Å²) in [6.45, 7) is 1.11. The van der Waals surface area contributed by atoms with Crippen LogP contribution in [0.3, 0.4) is 0 Å². The number of piperazine rings is 1. The van der Waals surface area contributed by atoms with Gasteiger partial charge in [0, 0.05) is 36.3 Å². The Balaban J connectivity index is 1.50. The van der Waals surface area contributed by atoms with Gasteiger partial charge in [-0.05, 0) is 0 Å². The van der Waals surface area contributed by atoms with Gasteiger partial charge in [0.2, 0.25) is 0 Å². The number of sulfone groups is 1. The minimum Gasteiger partial charge on any atom is -0.330 e. The summed E-state index contributed by atoms with van der Waals surface area (Å²) in [6.07, 6.45) is 1.87. The van der Waals surface area contributed by atoms with Gasteiger partial charge in [0.25, 0.3) is 5.91 Å². The summed E-state index contributed by atoms with van der Waals surface area (Å²) < 4.78 is 25.9. The van der Waals surface area contributed by atoms with E-state index in [1.807, 2.05) is 40.9 Å². The van der Waals surface area contributed by atoms with E-state index in [1.54, 1.807) is 10.3 Å². The SMILES string of the molecule is O=C(c1csc2nc(-c3ccccc3)cn12)N1CCN[C@@H]2CS(=O)(=O)C[C@@H]21. The van der Waals surface area contributed by atoms with E-state index in [0.717, 1.165) is 16.2 Å². The molecule has 9 heteroatoms. The number of amides is 1. The molecule has 1 aromatic carbocycles. The molecule has 5 rings (SSSR count). The fourth-order valence-corrected chi connectivity index (χ4v) is 6.76. The van der Waals surface area contributed by atoms with E-state index in [1.165, 1.54) is 11.3 Å².